The Morgan fingerprint density at radius 3 is 2.86 bits per heavy atom. The Balaban J connectivity index is 1.48. The molecule has 10 heteroatoms. The van der Waals surface area contributed by atoms with Crippen molar-refractivity contribution in [1.82, 2.24) is 19.5 Å². The number of aliphatic hydroxyl groups excluding tert-OH is 2. The lowest BCUT2D eigenvalue weighted by atomic mass is 10.1. The van der Waals surface area contributed by atoms with Crippen LogP contribution in [0, 0.1) is 0 Å². The molecule has 4 rings (SSSR count). The predicted octanol–water partition coefficient (Wildman–Crippen LogP) is 0.00850. The van der Waals surface area contributed by atoms with Crippen LogP contribution in [0.1, 0.15) is 11.8 Å². The molecule has 1 aliphatic heterocycles. The maximum atomic E-state index is 11.9. The summed E-state index contributed by atoms with van der Waals surface area (Å²) in [6, 6.07) is 9.58. The first-order chi connectivity index (χ1) is 13.5. The third kappa shape index (κ3) is 3.36. The number of benzene rings is 1. The Labute approximate surface area is 158 Å². The van der Waals surface area contributed by atoms with Gasteiger partial charge in [0, 0.05) is 0 Å². The number of aromatic amines is 1. The van der Waals surface area contributed by atoms with E-state index in [1.54, 1.807) is 6.08 Å². The molecular formula is C18H19N5O5. The number of nitrogens with zero attached hydrogens (tertiary/aromatic N) is 3. The van der Waals surface area contributed by atoms with E-state index in [0.29, 0.717) is 0 Å². The minimum Gasteiger partial charge on any atom is -0.498 e. The summed E-state index contributed by atoms with van der Waals surface area (Å²) in [5.41, 5.74) is 6.26. The van der Waals surface area contributed by atoms with E-state index in [4.69, 9.17) is 15.2 Å². The van der Waals surface area contributed by atoms with Crippen LogP contribution in [0.3, 0.4) is 0 Å². The Morgan fingerprint density at radius 2 is 2.07 bits per heavy atom. The van der Waals surface area contributed by atoms with Gasteiger partial charge in [-0.3, -0.25) is 14.3 Å². The van der Waals surface area contributed by atoms with Gasteiger partial charge < -0.3 is 25.4 Å². The summed E-state index contributed by atoms with van der Waals surface area (Å²) in [6.45, 7) is 0.0286. The second-order valence-corrected chi connectivity index (χ2v) is 6.37. The van der Waals surface area contributed by atoms with Gasteiger partial charge in [-0.15, -0.1) is 0 Å². The lowest BCUT2D eigenvalue weighted by molar-refractivity contribution is -0.0529. The lowest BCUT2D eigenvalue weighted by Gasteiger charge is -2.16. The summed E-state index contributed by atoms with van der Waals surface area (Å²) in [5.74, 6) is -0.0850. The number of H-pyrrole nitrogens is 1. The highest BCUT2D eigenvalue weighted by Crippen LogP contribution is 2.31. The normalized spacial score (nSPS) is 24.9. The number of fused-ring (bicyclic) bond motifs is 1. The molecule has 3 aromatic rings. The summed E-state index contributed by atoms with van der Waals surface area (Å²) >= 11 is 0. The zero-order valence-corrected chi connectivity index (χ0v) is 14.7. The van der Waals surface area contributed by atoms with Gasteiger partial charge in [-0.1, -0.05) is 30.3 Å². The number of hydrogen-bond acceptors (Lipinski definition) is 8. The molecule has 1 aliphatic rings. The monoisotopic (exact) mass is 385 g/mol. The van der Waals surface area contributed by atoms with Gasteiger partial charge in [0.05, 0.1) is 12.6 Å². The topological polar surface area (TPSA) is 149 Å². The maximum Gasteiger partial charge on any atom is 0.280 e. The third-order valence-corrected chi connectivity index (χ3v) is 4.48. The summed E-state index contributed by atoms with van der Waals surface area (Å²) < 4.78 is 12.6. The van der Waals surface area contributed by atoms with Gasteiger partial charge in [0.1, 0.15) is 24.9 Å². The first-order valence-corrected chi connectivity index (χ1v) is 8.61. The van der Waals surface area contributed by atoms with E-state index >= 15 is 0 Å². The zero-order chi connectivity index (χ0) is 19.7. The molecule has 0 amide bonds. The largest absolute Gasteiger partial charge is 0.498 e. The van der Waals surface area contributed by atoms with Crippen molar-refractivity contribution in [2.75, 3.05) is 12.3 Å². The van der Waals surface area contributed by atoms with Gasteiger partial charge >= 0.3 is 0 Å². The van der Waals surface area contributed by atoms with E-state index in [2.05, 4.69) is 15.0 Å². The van der Waals surface area contributed by atoms with Crippen molar-refractivity contribution >= 4 is 23.2 Å². The highest BCUT2D eigenvalue weighted by Gasteiger charge is 2.44. The third-order valence-electron chi connectivity index (χ3n) is 4.48. The molecule has 28 heavy (non-hydrogen) atoms. The smallest absolute Gasteiger partial charge is 0.280 e. The van der Waals surface area contributed by atoms with Crippen LogP contribution in [0.25, 0.3) is 17.2 Å². The predicted molar refractivity (Wildman–Crippen MR) is 99.9 cm³/mol. The summed E-state index contributed by atoms with van der Waals surface area (Å²) in [6.07, 6.45) is 0.374. The van der Waals surface area contributed by atoms with E-state index in [1.165, 1.54) is 17.2 Å². The van der Waals surface area contributed by atoms with Crippen molar-refractivity contribution in [3.63, 3.8) is 0 Å². The van der Waals surface area contributed by atoms with Crippen LogP contribution in [-0.2, 0) is 9.47 Å². The van der Waals surface area contributed by atoms with Crippen molar-refractivity contribution in [2.45, 2.75) is 24.5 Å². The average Bonchev–Trinajstić information content (AvgIpc) is 3.22. The Morgan fingerprint density at radius 1 is 1.29 bits per heavy atom. The maximum absolute atomic E-state index is 11.9. The van der Waals surface area contributed by atoms with Gasteiger partial charge in [-0.2, -0.15) is 4.98 Å². The fourth-order valence-electron chi connectivity index (χ4n) is 3.07. The fraction of sp³-hybridized carbons (Fsp3) is 0.278. The number of aromatic nitrogens is 4. The van der Waals surface area contributed by atoms with Crippen molar-refractivity contribution in [2.24, 2.45) is 0 Å². The molecule has 1 saturated heterocycles. The van der Waals surface area contributed by atoms with E-state index in [9.17, 15) is 15.0 Å². The zero-order valence-electron chi connectivity index (χ0n) is 14.7. The summed E-state index contributed by atoms with van der Waals surface area (Å²) in [5, 5.41) is 20.7. The highest BCUT2D eigenvalue weighted by atomic mass is 16.6. The molecule has 1 aromatic carbocycles. The van der Waals surface area contributed by atoms with Gasteiger partial charge in [0.15, 0.2) is 17.4 Å². The number of ether oxygens (including phenoxy) is 2. The van der Waals surface area contributed by atoms with Crippen molar-refractivity contribution in [3.8, 4) is 0 Å². The molecular weight excluding hydrogens is 366 g/mol. The van der Waals surface area contributed by atoms with Crippen LogP contribution < -0.4 is 11.3 Å². The number of hydrogen-bond donors (Lipinski definition) is 4. The Bertz CT molecular complexity index is 1050. The molecule has 2 aromatic heterocycles. The highest BCUT2D eigenvalue weighted by molar-refractivity contribution is 5.70. The lowest BCUT2D eigenvalue weighted by Crippen LogP contribution is -2.33. The van der Waals surface area contributed by atoms with E-state index in [0.717, 1.165) is 5.56 Å². The van der Waals surface area contributed by atoms with Crippen LogP contribution in [0.4, 0.5) is 5.95 Å². The second kappa shape index (κ2) is 7.43. The number of nitrogens with two attached hydrogens (primary N) is 1. The van der Waals surface area contributed by atoms with Crippen LogP contribution in [0.15, 0.2) is 47.7 Å². The second-order valence-electron chi connectivity index (χ2n) is 6.37. The molecule has 1 fully saturated rings. The van der Waals surface area contributed by atoms with Gasteiger partial charge in [-0.25, -0.2) is 4.98 Å². The van der Waals surface area contributed by atoms with Crippen LogP contribution >= 0.6 is 0 Å². The van der Waals surface area contributed by atoms with Crippen LogP contribution in [0.2, 0.25) is 0 Å². The number of imidazole rings is 1. The van der Waals surface area contributed by atoms with Crippen LogP contribution in [0.5, 0.6) is 0 Å². The minimum atomic E-state index is -1.26. The number of anilines is 1. The SMILES string of the molecule is Nc1nc2c(ncn2[C@@H]2O[C@H](COC=Cc3ccccc3)[C@@H](O)[C@H]2O)c(=O)[nH]1. The molecule has 0 spiro atoms. The van der Waals surface area contributed by atoms with Crippen molar-refractivity contribution in [3.05, 3.63) is 58.8 Å². The van der Waals surface area contributed by atoms with Crippen molar-refractivity contribution < 1.29 is 19.7 Å². The molecule has 0 unspecified atom stereocenters. The average molecular weight is 385 g/mol. The molecule has 10 nitrogen and oxygen atoms in total. The van der Waals surface area contributed by atoms with E-state index in [1.807, 2.05) is 30.3 Å². The molecule has 0 radical (unpaired) electrons. The molecule has 5 N–H and O–H groups in total. The van der Waals surface area contributed by atoms with Gasteiger partial charge in [-0.05, 0) is 11.6 Å². The number of aliphatic hydroxyl groups is 2. The number of nitrogen functional groups attached to an aromatic ring is 1. The Kier molecular flexibility index (Phi) is 4.82. The minimum absolute atomic E-state index is 0.0286. The molecule has 0 saturated carbocycles. The molecule has 146 valence electrons. The summed E-state index contributed by atoms with van der Waals surface area (Å²) in [7, 11) is 0. The quantitative estimate of drug-likeness (QED) is 0.449. The number of nitrogens with one attached hydrogen (secondary N) is 1. The molecule has 0 bridgehead atoms. The number of rotatable bonds is 5. The van der Waals surface area contributed by atoms with Gasteiger partial charge in [0.25, 0.3) is 5.56 Å². The van der Waals surface area contributed by atoms with Crippen molar-refractivity contribution in [1.29, 1.82) is 0 Å². The first-order valence-electron chi connectivity index (χ1n) is 8.61. The first kappa shape index (κ1) is 18.2. The van der Waals surface area contributed by atoms with Gasteiger partial charge in [0.2, 0.25) is 5.95 Å². The standard InChI is InChI=1S/C18H19N5O5/c19-18-21-15-12(16(26)22-18)20-9-23(15)17-14(25)13(24)11(28-17)8-27-7-6-10-4-2-1-3-5-10/h1-7,9,11,13-14,17,24-25H,8H2,(H3,19,21,22,26)/t11-,13-,14-,17-/m1/s1. The molecule has 3 heterocycles. The molecule has 4 atom stereocenters. The molecule has 0 aliphatic carbocycles. The van der Waals surface area contributed by atoms with E-state index in [-0.39, 0.29) is 23.7 Å². The Hall–Kier alpha value is -3.21. The van der Waals surface area contributed by atoms with Crippen LogP contribution in [-0.4, -0.2) is 54.7 Å². The van der Waals surface area contributed by atoms with E-state index < -0.39 is 30.1 Å². The fourth-order valence-corrected chi connectivity index (χ4v) is 3.07. The summed E-state index contributed by atoms with van der Waals surface area (Å²) in [4.78, 5) is 22.3.